The Balaban J connectivity index is 1.30. The molecule has 1 aliphatic rings. The van der Waals surface area contributed by atoms with Gasteiger partial charge in [-0.3, -0.25) is 9.59 Å². The molecule has 0 heterocycles. The standard InChI is InChI=1S/C25H29NO7/c1-17(27)26-23(25(29)30)16-32-14-13-31-12-6-11-24(28)33-15-22-20-9-4-2-7-18(20)19-8-3-5-10-21(19)22/h2-5,7-10,22-23H,6,11-16H2,1H3,(H,26,27)(H,29,30)/t23-/m0/s1. The zero-order valence-corrected chi connectivity index (χ0v) is 18.6. The largest absolute Gasteiger partial charge is 0.480 e. The van der Waals surface area contributed by atoms with Crippen LogP contribution in [-0.4, -0.2) is 62.0 Å². The molecular formula is C25H29NO7. The highest BCUT2D eigenvalue weighted by Crippen LogP contribution is 2.44. The molecule has 2 N–H and O–H groups in total. The summed E-state index contributed by atoms with van der Waals surface area (Å²) in [5.41, 5.74) is 4.74. The van der Waals surface area contributed by atoms with Gasteiger partial charge in [0.1, 0.15) is 6.61 Å². The molecule has 1 amide bonds. The van der Waals surface area contributed by atoms with Crippen molar-refractivity contribution in [3.05, 3.63) is 59.7 Å². The van der Waals surface area contributed by atoms with Crippen LogP contribution in [0.2, 0.25) is 0 Å². The van der Waals surface area contributed by atoms with Crippen LogP contribution in [0.5, 0.6) is 0 Å². The average molecular weight is 456 g/mol. The Morgan fingerprint density at radius 2 is 1.55 bits per heavy atom. The first-order chi connectivity index (χ1) is 16.0. The zero-order valence-electron chi connectivity index (χ0n) is 18.6. The highest BCUT2D eigenvalue weighted by atomic mass is 16.5. The SMILES string of the molecule is CC(=O)N[C@@H](COCCOCCCC(=O)OCC1c2ccccc2-c2ccccc21)C(=O)O. The Hall–Kier alpha value is -3.23. The Morgan fingerprint density at radius 1 is 0.939 bits per heavy atom. The molecule has 8 heteroatoms. The number of ether oxygens (including phenoxy) is 3. The van der Waals surface area contributed by atoms with Gasteiger partial charge in [0.15, 0.2) is 6.04 Å². The fourth-order valence-corrected chi connectivity index (χ4v) is 3.85. The Kier molecular flexibility index (Phi) is 8.97. The lowest BCUT2D eigenvalue weighted by Crippen LogP contribution is -2.43. The van der Waals surface area contributed by atoms with Crippen molar-refractivity contribution in [2.75, 3.05) is 33.0 Å². The van der Waals surface area contributed by atoms with Crippen LogP contribution in [-0.2, 0) is 28.6 Å². The van der Waals surface area contributed by atoms with E-state index in [-0.39, 0.29) is 38.1 Å². The molecule has 0 bridgehead atoms. The number of benzene rings is 2. The number of carbonyl (C=O) groups excluding carboxylic acids is 2. The van der Waals surface area contributed by atoms with Crippen molar-refractivity contribution in [3.8, 4) is 11.1 Å². The Labute approximate surface area is 192 Å². The first-order valence-electron chi connectivity index (χ1n) is 11.0. The number of amides is 1. The van der Waals surface area contributed by atoms with Gasteiger partial charge in [-0.1, -0.05) is 48.5 Å². The summed E-state index contributed by atoms with van der Waals surface area (Å²) in [5.74, 6) is -1.82. The summed E-state index contributed by atoms with van der Waals surface area (Å²) in [4.78, 5) is 34.1. The van der Waals surface area contributed by atoms with Gasteiger partial charge in [0.05, 0.1) is 19.8 Å². The number of esters is 1. The Bertz CT molecular complexity index is 929. The second-order valence-electron chi connectivity index (χ2n) is 7.79. The lowest BCUT2D eigenvalue weighted by molar-refractivity contribution is -0.144. The van der Waals surface area contributed by atoms with Crippen LogP contribution in [0.4, 0.5) is 0 Å². The van der Waals surface area contributed by atoms with Crippen LogP contribution in [0.3, 0.4) is 0 Å². The van der Waals surface area contributed by atoms with Gasteiger partial charge in [-0.25, -0.2) is 4.79 Å². The number of rotatable bonds is 13. The summed E-state index contributed by atoms with van der Waals surface area (Å²) in [6, 6.07) is 15.3. The van der Waals surface area contributed by atoms with Gasteiger partial charge >= 0.3 is 11.9 Å². The van der Waals surface area contributed by atoms with Gasteiger partial charge in [0.25, 0.3) is 0 Å². The lowest BCUT2D eigenvalue weighted by atomic mass is 9.98. The number of hydrogen-bond donors (Lipinski definition) is 2. The van der Waals surface area contributed by atoms with Gasteiger partial charge in [-0.2, -0.15) is 0 Å². The van der Waals surface area contributed by atoms with Crippen LogP contribution in [0.1, 0.15) is 36.8 Å². The van der Waals surface area contributed by atoms with Crippen molar-refractivity contribution in [2.24, 2.45) is 0 Å². The van der Waals surface area contributed by atoms with Crippen LogP contribution in [0.25, 0.3) is 11.1 Å². The number of nitrogens with one attached hydrogen (secondary N) is 1. The molecule has 2 aromatic rings. The van der Waals surface area contributed by atoms with Crippen LogP contribution in [0.15, 0.2) is 48.5 Å². The fraction of sp³-hybridized carbons (Fsp3) is 0.400. The summed E-state index contributed by atoms with van der Waals surface area (Å²) in [5, 5.41) is 11.3. The normalized spacial score (nSPS) is 13.1. The topological polar surface area (TPSA) is 111 Å². The second kappa shape index (κ2) is 12.1. The molecule has 176 valence electrons. The zero-order chi connectivity index (χ0) is 23.6. The summed E-state index contributed by atoms with van der Waals surface area (Å²) < 4.78 is 16.2. The number of fused-ring (bicyclic) bond motifs is 3. The van der Waals surface area contributed by atoms with Crippen molar-refractivity contribution in [2.45, 2.75) is 31.7 Å². The number of hydrogen-bond acceptors (Lipinski definition) is 6. The molecule has 1 aliphatic carbocycles. The predicted molar refractivity (Wildman–Crippen MR) is 121 cm³/mol. The van der Waals surface area contributed by atoms with E-state index in [1.807, 2.05) is 24.3 Å². The summed E-state index contributed by atoms with van der Waals surface area (Å²) in [7, 11) is 0. The molecule has 0 aromatic heterocycles. The van der Waals surface area contributed by atoms with Crippen LogP contribution < -0.4 is 5.32 Å². The summed E-state index contributed by atoms with van der Waals surface area (Å²) in [6.45, 7) is 2.22. The maximum atomic E-state index is 12.2. The number of carbonyl (C=O) groups is 3. The molecule has 1 atom stereocenters. The van der Waals surface area contributed by atoms with E-state index < -0.39 is 17.9 Å². The molecular weight excluding hydrogens is 426 g/mol. The van der Waals surface area contributed by atoms with E-state index in [1.54, 1.807) is 0 Å². The van der Waals surface area contributed by atoms with E-state index in [1.165, 1.54) is 29.2 Å². The number of carboxylic acid groups (broad SMARTS) is 1. The van der Waals surface area contributed by atoms with Gasteiger partial charge in [-0.05, 0) is 28.7 Å². The molecule has 0 saturated carbocycles. The molecule has 0 spiro atoms. The minimum absolute atomic E-state index is 0.0434. The smallest absolute Gasteiger partial charge is 0.328 e. The van der Waals surface area contributed by atoms with E-state index in [0.717, 1.165) is 0 Å². The minimum atomic E-state index is -1.16. The third-order valence-electron chi connectivity index (χ3n) is 5.38. The van der Waals surface area contributed by atoms with E-state index in [2.05, 4.69) is 29.6 Å². The van der Waals surface area contributed by atoms with E-state index in [0.29, 0.717) is 19.6 Å². The monoisotopic (exact) mass is 455 g/mol. The molecule has 0 fully saturated rings. The van der Waals surface area contributed by atoms with Crippen LogP contribution in [0, 0.1) is 0 Å². The maximum absolute atomic E-state index is 12.2. The quantitative estimate of drug-likeness (QED) is 0.353. The highest BCUT2D eigenvalue weighted by Gasteiger charge is 2.28. The van der Waals surface area contributed by atoms with E-state index >= 15 is 0 Å². The van der Waals surface area contributed by atoms with Crippen molar-refractivity contribution >= 4 is 17.8 Å². The van der Waals surface area contributed by atoms with E-state index in [9.17, 15) is 14.4 Å². The van der Waals surface area contributed by atoms with Gasteiger partial charge in [0.2, 0.25) is 5.91 Å². The number of aliphatic carboxylic acids is 1. The van der Waals surface area contributed by atoms with Crippen LogP contribution >= 0.6 is 0 Å². The molecule has 8 nitrogen and oxygen atoms in total. The molecule has 0 aliphatic heterocycles. The predicted octanol–water partition coefficient (Wildman–Crippen LogP) is 2.74. The fourth-order valence-electron chi connectivity index (χ4n) is 3.85. The Morgan fingerprint density at radius 3 is 2.15 bits per heavy atom. The third kappa shape index (κ3) is 6.87. The van der Waals surface area contributed by atoms with Gasteiger partial charge < -0.3 is 24.6 Å². The van der Waals surface area contributed by atoms with Crippen molar-refractivity contribution < 1.29 is 33.7 Å². The third-order valence-corrected chi connectivity index (χ3v) is 5.38. The molecule has 33 heavy (non-hydrogen) atoms. The summed E-state index contributed by atoms with van der Waals surface area (Å²) in [6.07, 6.45) is 0.765. The van der Waals surface area contributed by atoms with Crippen molar-refractivity contribution in [1.82, 2.24) is 5.32 Å². The highest BCUT2D eigenvalue weighted by molar-refractivity contribution is 5.82. The lowest BCUT2D eigenvalue weighted by Gasteiger charge is -2.14. The van der Waals surface area contributed by atoms with Gasteiger partial charge in [0, 0.05) is 25.9 Å². The second-order valence-corrected chi connectivity index (χ2v) is 7.79. The van der Waals surface area contributed by atoms with Gasteiger partial charge in [-0.15, -0.1) is 0 Å². The van der Waals surface area contributed by atoms with Crippen molar-refractivity contribution in [1.29, 1.82) is 0 Å². The molecule has 0 radical (unpaired) electrons. The molecule has 2 aromatic carbocycles. The first kappa shape index (κ1) is 24.4. The first-order valence-corrected chi connectivity index (χ1v) is 11.0. The molecule has 0 unspecified atom stereocenters. The minimum Gasteiger partial charge on any atom is -0.480 e. The van der Waals surface area contributed by atoms with Crippen molar-refractivity contribution in [3.63, 3.8) is 0 Å². The number of carboxylic acids is 1. The molecule has 3 rings (SSSR count). The van der Waals surface area contributed by atoms with E-state index in [4.69, 9.17) is 19.3 Å². The summed E-state index contributed by atoms with van der Waals surface area (Å²) >= 11 is 0. The average Bonchev–Trinajstić information content (AvgIpc) is 3.12. The molecule has 0 saturated heterocycles. The maximum Gasteiger partial charge on any atom is 0.328 e.